The van der Waals surface area contributed by atoms with E-state index < -0.39 is 53.0 Å². The van der Waals surface area contributed by atoms with Crippen LogP contribution in [0.5, 0.6) is 0 Å². The number of hydrogen-bond acceptors (Lipinski definition) is 7. The molecule has 0 spiro atoms. The number of alkyl carbamates (subject to hydrolysis) is 1. The van der Waals surface area contributed by atoms with E-state index in [4.69, 9.17) is 21.6 Å². The molecule has 2 unspecified atom stereocenters. The van der Waals surface area contributed by atoms with Crippen LogP contribution in [0.2, 0.25) is 0 Å². The summed E-state index contributed by atoms with van der Waals surface area (Å²) in [5.74, 6) is 0.144. The molecule has 0 saturated carbocycles. The van der Waals surface area contributed by atoms with Crippen LogP contribution in [0.1, 0.15) is 84.9 Å². The molecule has 220 valence electrons. The average Bonchev–Trinajstić information content (AvgIpc) is 2.82. The summed E-state index contributed by atoms with van der Waals surface area (Å²) in [4.78, 5) is 65.3. The van der Waals surface area contributed by atoms with Gasteiger partial charge >= 0.3 is 12.1 Å². The summed E-state index contributed by atoms with van der Waals surface area (Å²) in [6.07, 6.45) is 4.46. The highest BCUT2D eigenvalue weighted by Crippen LogP contribution is 2.32. The molecule has 1 aromatic rings. The van der Waals surface area contributed by atoms with Crippen LogP contribution in [0.3, 0.4) is 0 Å². The molecular formula is C29H42N4O7. The molecule has 0 aliphatic carbocycles. The topological polar surface area (TPSA) is 157 Å². The molecule has 4 N–H and O–H groups in total. The third-order valence-electron chi connectivity index (χ3n) is 5.48. The SMILES string of the molecule is C#Cc1ccccc1C(C(=O)NCCC(=O)OCC)N(C(=O)C(CCC(N)=O)NC(=O)OC(C)(C)C)C(C)(C)C. The Bertz CT molecular complexity index is 1110. The average molecular weight is 559 g/mol. The zero-order valence-corrected chi connectivity index (χ0v) is 24.5. The van der Waals surface area contributed by atoms with E-state index in [1.165, 1.54) is 4.90 Å². The van der Waals surface area contributed by atoms with Gasteiger partial charge in [0, 0.05) is 24.1 Å². The molecular weight excluding hydrogens is 516 g/mol. The fourth-order valence-corrected chi connectivity index (χ4v) is 3.89. The van der Waals surface area contributed by atoms with E-state index in [2.05, 4.69) is 16.6 Å². The summed E-state index contributed by atoms with van der Waals surface area (Å²) in [7, 11) is 0. The first-order chi connectivity index (χ1) is 18.5. The van der Waals surface area contributed by atoms with E-state index in [0.717, 1.165) is 0 Å². The van der Waals surface area contributed by atoms with Crippen molar-refractivity contribution < 1.29 is 33.4 Å². The Kier molecular flexibility index (Phi) is 12.7. The van der Waals surface area contributed by atoms with Crippen molar-refractivity contribution in [2.45, 2.75) is 91.0 Å². The molecule has 4 amide bonds. The summed E-state index contributed by atoms with van der Waals surface area (Å²) in [6.45, 7) is 12.0. The van der Waals surface area contributed by atoms with Crippen LogP contribution in [0.4, 0.5) is 4.79 Å². The zero-order valence-electron chi connectivity index (χ0n) is 24.5. The van der Waals surface area contributed by atoms with Crippen molar-refractivity contribution in [1.29, 1.82) is 0 Å². The van der Waals surface area contributed by atoms with Gasteiger partial charge < -0.3 is 30.7 Å². The second-order valence-electron chi connectivity index (χ2n) is 11.1. The van der Waals surface area contributed by atoms with Gasteiger partial charge in [0.1, 0.15) is 17.7 Å². The monoisotopic (exact) mass is 558 g/mol. The van der Waals surface area contributed by atoms with Crippen LogP contribution in [0.15, 0.2) is 24.3 Å². The van der Waals surface area contributed by atoms with Gasteiger partial charge in [-0.05, 0) is 66.5 Å². The fraction of sp³-hybridized carbons (Fsp3) is 0.552. The summed E-state index contributed by atoms with van der Waals surface area (Å²) >= 11 is 0. The van der Waals surface area contributed by atoms with E-state index in [-0.39, 0.29) is 32.4 Å². The van der Waals surface area contributed by atoms with Crippen molar-refractivity contribution >= 4 is 29.8 Å². The number of amides is 4. The van der Waals surface area contributed by atoms with Crippen LogP contribution >= 0.6 is 0 Å². The van der Waals surface area contributed by atoms with Crippen LogP contribution in [0, 0.1) is 12.3 Å². The predicted molar refractivity (Wildman–Crippen MR) is 150 cm³/mol. The molecule has 11 heteroatoms. The minimum atomic E-state index is -1.26. The number of nitrogens with two attached hydrogens (primary N) is 1. The molecule has 0 saturated heterocycles. The van der Waals surface area contributed by atoms with Crippen molar-refractivity contribution in [3.63, 3.8) is 0 Å². The predicted octanol–water partition coefficient (Wildman–Crippen LogP) is 2.56. The van der Waals surface area contributed by atoms with Gasteiger partial charge in [0.15, 0.2) is 0 Å². The van der Waals surface area contributed by atoms with Crippen LogP contribution in [0.25, 0.3) is 0 Å². The van der Waals surface area contributed by atoms with Gasteiger partial charge in [-0.2, -0.15) is 0 Å². The lowest BCUT2D eigenvalue weighted by Gasteiger charge is -2.43. The van der Waals surface area contributed by atoms with E-state index in [1.807, 2.05) is 0 Å². The molecule has 1 rings (SSSR count). The summed E-state index contributed by atoms with van der Waals surface area (Å²) in [6, 6.07) is 4.16. The molecule has 0 radical (unpaired) electrons. The Morgan fingerprint density at radius 2 is 1.68 bits per heavy atom. The Hall–Kier alpha value is -4.07. The van der Waals surface area contributed by atoms with Crippen LogP contribution in [-0.2, 0) is 28.7 Å². The number of carbonyl (C=O) groups excluding carboxylic acids is 5. The third-order valence-corrected chi connectivity index (χ3v) is 5.48. The highest BCUT2D eigenvalue weighted by atomic mass is 16.6. The van der Waals surface area contributed by atoms with Gasteiger partial charge in [-0.3, -0.25) is 19.2 Å². The maximum Gasteiger partial charge on any atom is 0.408 e. The van der Waals surface area contributed by atoms with Gasteiger partial charge in [0.05, 0.1) is 13.0 Å². The number of carbonyl (C=O) groups is 5. The Balaban J connectivity index is 3.59. The van der Waals surface area contributed by atoms with Crippen molar-refractivity contribution in [2.75, 3.05) is 13.2 Å². The Morgan fingerprint density at radius 3 is 2.20 bits per heavy atom. The van der Waals surface area contributed by atoms with E-state index >= 15 is 0 Å². The van der Waals surface area contributed by atoms with E-state index in [0.29, 0.717) is 11.1 Å². The first kappa shape index (κ1) is 34.0. The summed E-state index contributed by atoms with van der Waals surface area (Å²) in [5, 5.41) is 5.24. The second-order valence-corrected chi connectivity index (χ2v) is 11.1. The molecule has 11 nitrogen and oxygen atoms in total. The second kappa shape index (κ2) is 14.9. The van der Waals surface area contributed by atoms with Crippen molar-refractivity contribution in [1.82, 2.24) is 15.5 Å². The summed E-state index contributed by atoms with van der Waals surface area (Å²) < 4.78 is 10.3. The summed E-state index contributed by atoms with van der Waals surface area (Å²) in [5.41, 5.74) is 4.26. The highest BCUT2D eigenvalue weighted by molar-refractivity contribution is 5.93. The number of benzene rings is 1. The van der Waals surface area contributed by atoms with Gasteiger partial charge in [0.25, 0.3) is 0 Å². The Morgan fingerprint density at radius 1 is 1.05 bits per heavy atom. The highest BCUT2D eigenvalue weighted by Gasteiger charge is 2.42. The molecule has 1 aromatic carbocycles. The third kappa shape index (κ3) is 11.0. The molecule has 0 fully saturated rings. The van der Waals surface area contributed by atoms with Gasteiger partial charge in [-0.15, -0.1) is 6.42 Å². The number of primary amides is 1. The maximum atomic E-state index is 14.2. The lowest BCUT2D eigenvalue weighted by atomic mass is 9.92. The number of nitrogens with one attached hydrogen (secondary N) is 2. The normalized spacial score (nSPS) is 12.8. The molecule has 0 aliphatic rings. The number of rotatable bonds is 12. The lowest BCUT2D eigenvalue weighted by molar-refractivity contribution is -0.149. The minimum Gasteiger partial charge on any atom is -0.466 e. The number of ether oxygens (including phenoxy) is 2. The number of nitrogens with zero attached hydrogens (tertiary/aromatic N) is 1. The number of hydrogen-bond donors (Lipinski definition) is 3. The molecule has 40 heavy (non-hydrogen) atoms. The van der Waals surface area contributed by atoms with Crippen LogP contribution in [-0.4, -0.2) is 65.0 Å². The minimum absolute atomic E-state index is 0.0418. The van der Waals surface area contributed by atoms with Gasteiger partial charge in [0.2, 0.25) is 17.7 Å². The smallest absolute Gasteiger partial charge is 0.408 e. The maximum absolute atomic E-state index is 14.2. The fourth-order valence-electron chi connectivity index (χ4n) is 3.89. The lowest BCUT2D eigenvalue weighted by Crippen LogP contribution is -2.59. The van der Waals surface area contributed by atoms with Gasteiger partial charge in [-0.25, -0.2) is 4.79 Å². The van der Waals surface area contributed by atoms with Crippen molar-refractivity contribution in [3.8, 4) is 12.3 Å². The Labute approximate surface area is 236 Å². The molecule has 0 aromatic heterocycles. The molecule has 0 aliphatic heterocycles. The first-order valence-corrected chi connectivity index (χ1v) is 13.1. The van der Waals surface area contributed by atoms with E-state index in [9.17, 15) is 24.0 Å². The standard InChI is InChI=1S/C29H42N4O7/c1-9-19-13-11-12-14-20(19)24(25(36)31-18-17-23(35)39-10-2)33(28(3,4)5)26(37)21(15-16-22(30)34)32-27(38)40-29(6,7)8/h1,11-14,21,24H,10,15-18H2,2-8H3,(H2,30,34)(H,31,36)(H,32,38). The number of terminal acetylenes is 1. The van der Waals surface area contributed by atoms with Gasteiger partial charge in [-0.1, -0.05) is 24.1 Å². The van der Waals surface area contributed by atoms with Crippen LogP contribution < -0.4 is 16.4 Å². The molecule has 0 heterocycles. The number of esters is 1. The van der Waals surface area contributed by atoms with Crippen molar-refractivity contribution in [3.05, 3.63) is 35.4 Å². The zero-order chi connectivity index (χ0) is 30.7. The largest absolute Gasteiger partial charge is 0.466 e. The van der Waals surface area contributed by atoms with Crippen molar-refractivity contribution in [2.24, 2.45) is 5.73 Å². The first-order valence-electron chi connectivity index (χ1n) is 13.1. The van der Waals surface area contributed by atoms with E-state index in [1.54, 1.807) is 72.7 Å². The molecule has 0 bridgehead atoms. The molecule has 2 atom stereocenters. The quantitative estimate of drug-likeness (QED) is 0.263.